The maximum Gasteiger partial charge on any atom is 0.268 e. The predicted octanol–water partition coefficient (Wildman–Crippen LogP) is 4.08. The van der Waals surface area contributed by atoms with Crippen LogP contribution in [0.25, 0.3) is 10.2 Å². The largest absolute Gasteiger partial charge is 0.308 e. The van der Waals surface area contributed by atoms with Gasteiger partial charge in [0.1, 0.15) is 10.7 Å². The Balaban J connectivity index is 1.85. The molecule has 0 unspecified atom stereocenters. The second-order valence-electron chi connectivity index (χ2n) is 7.01. The SMILES string of the molecule is CCN(C(=O)c1sc2nc3n(c(=O)c2c1C)CCCC3)c1ccccc1C. The summed E-state index contributed by atoms with van der Waals surface area (Å²) in [6.07, 6.45) is 2.90. The van der Waals surface area contributed by atoms with Crippen LogP contribution in [0, 0.1) is 13.8 Å². The van der Waals surface area contributed by atoms with Gasteiger partial charge in [-0.1, -0.05) is 18.2 Å². The first-order valence-electron chi connectivity index (χ1n) is 9.43. The van der Waals surface area contributed by atoms with Crippen LogP contribution in [0.1, 0.15) is 46.4 Å². The molecule has 27 heavy (non-hydrogen) atoms. The average Bonchev–Trinajstić information content (AvgIpc) is 3.00. The molecule has 0 N–H and O–H groups in total. The van der Waals surface area contributed by atoms with E-state index in [4.69, 9.17) is 4.98 Å². The van der Waals surface area contributed by atoms with Crippen molar-refractivity contribution >= 4 is 33.1 Å². The summed E-state index contributed by atoms with van der Waals surface area (Å²) < 4.78 is 1.79. The van der Waals surface area contributed by atoms with E-state index in [1.165, 1.54) is 11.3 Å². The predicted molar refractivity (Wildman–Crippen MR) is 110 cm³/mol. The van der Waals surface area contributed by atoms with E-state index in [2.05, 4.69) is 0 Å². The van der Waals surface area contributed by atoms with Gasteiger partial charge in [0.05, 0.1) is 10.3 Å². The van der Waals surface area contributed by atoms with Gasteiger partial charge in [0.25, 0.3) is 11.5 Å². The zero-order valence-corrected chi connectivity index (χ0v) is 16.7. The van der Waals surface area contributed by atoms with Crippen molar-refractivity contribution in [2.75, 3.05) is 11.4 Å². The number of rotatable bonds is 3. The summed E-state index contributed by atoms with van der Waals surface area (Å²) >= 11 is 1.35. The van der Waals surface area contributed by atoms with Crippen LogP contribution < -0.4 is 10.5 Å². The minimum absolute atomic E-state index is 0.00133. The molecule has 140 valence electrons. The summed E-state index contributed by atoms with van der Waals surface area (Å²) in [5.74, 6) is 0.792. The Labute approximate surface area is 162 Å². The van der Waals surface area contributed by atoms with Crippen molar-refractivity contribution in [3.8, 4) is 0 Å². The quantitative estimate of drug-likeness (QED) is 0.687. The van der Waals surface area contributed by atoms with Crippen molar-refractivity contribution < 1.29 is 4.79 Å². The number of benzene rings is 1. The lowest BCUT2D eigenvalue weighted by Crippen LogP contribution is -2.31. The van der Waals surface area contributed by atoms with Crippen LogP contribution in [0.5, 0.6) is 0 Å². The van der Waals surface area contributed by atoms with Crippen molar-refractivity contribution in [2.45, 2.75) is 46.6 Å². The van der Waals surface area contributed by atoms with Crippen LogP contribution >= 0.6 is 11.3 Å². The molecule has 0 saturated carbocycles. The molecule has 0 radical (unpaired) electrons. The molecule has 5 nitrogen and oxygen atoms in total. The number of fused-ring (bicyclic) bond motifs is 2. The number of amides is 1. The molecule has 2 aromatic heterocycles. The number of thiophene rings is 1. The fourth-order valence-corrected chi connectivity index (χ4v) is 4.99. The highest BCUT2D eigenvalue weighted by Gasteiger charge is 2.26. The van der Waals surface area contributed by atoms with Crippen molar-refractivity contribution in [3.05, 3.63) is 56.4 Å². The first-order valence-corrected chi connectivity index (χ1v) is 10.2. The molecule has 0 bridgehead atoms. The molecule has 0 aliphatic carbocycles. The Morgan fingerprint density at radius 2 is 2.04 bits per heavy atom. The van der Waals surface area contributed by atoms with Crippen molar-refractivity contribution in [2.24, 2.45) is 0 Å². The van der Waals surface area contributed by atoms with E-state index in [1.54, 1.807) is 9.47 Å². The van der Waals surface area contributed by atoms with E-state index in [-0.39, 0.29) is 11.5 Å². The van der Waals surface area contributed by atoms with Gasteiger partial charge in [-0.25, -0.2) is 4.98 Å². The lowest BCUT2D eigenvalue weighted by atomic mass is 10.1. The molecule has 4 rings (SSSR count). The molecule has 1 aromatic carbocycles. The second-order valence-corrected chi connectivity index (χ2v) is 8.01. The first kappa shape index (κ1) is 17.9. The minimum atomic E-state index is -0.0605. The highest BCUT2D eigenvalue weighted by atomic mass is 32.1. The maximum absolute atomic E-state index is 13.4. The van der Waals surface area contributed by atoms with Crippen molar-refractivity contribution in [3.63, 3.8) is 0 Å². The van der Waals surface area contributed by atoms with E-state index >= 15 is 0 Å². The lowest BCUT2D eigenvalue weighted by molar-refractivity contribution is 0.0991. The van der Waals surface area contributed by atoms with Crippen molar-refractivity contribution in [1.82, 2.24) is 9.55 Å². The summed E-state index contributed by atoms with van der Waals surface area (Å²) in [5, 5.41) is 0.606. The first-order chi connectivity index (χ1) is 13.0. The molecule has 0 spiro atoms. The molecule has 1 amide bonds. The van der Waals surface area contributed by atoms with Gasteiger partial charge in [0.15, 0.2) is 0 Å². The normalized spacial score (nSPS) is 13.6. The van der Waals surface area contributed by atoms with Gasteiger partial charge in [0.2, 0.25) is 0 Å². The Morgan fingerprint density at radius 1 is 1.26 bits per heavy atom. The lowest BCUT2D eigenvalue weighted by Gasteiger charge is -2.22. The van der Waals surface area contributed by atoms with Gasteiger partial charge < -0.3 is 4.90 Å². The van der Waals surface area contributed by atoms with Gasteiger partial charge in [-0.15, -0.1) is 11.3 Å². The fraction of sp³-hybridized carbons (Fsp3) is 0.381. The Morgan fingerprint density at radius 3 is 2.78 bits per heavy atom. The van der Waals surface area contributed by atoms with Gasteiger partial charge >= 0.3 is 0 Å². The van der Waals surface area contributed by atoms with Gasteiger partial charge in [0, 0.05) is 25.2 Å². The van der Waals surface area contributed by atoms with Crippen molar-refractivity contribution in [1.29, 1.82) is 0 Å². The Hall–Kier alpha value is -2.47. The molecule has 0 fully saturated rings. The number of carbonyl (C=O) groups is 1. The van der Waals surface area contributed by atoms with E-state index in [9.17, 15) is 9.59 Å². The summed E-state index contributed by atoms with van der Waals surface area (Å²) in [7, 11) is 0. The van der Waals surface area contributed by atoms with Crippen LogP contribution in [0.2, 0.25) is 0 Å². The maximum atomic E-state index is 13.4. The van der Waals surface area contributed by atoms with Crippen LogP contribution in [-0.2, 0) is 13.0 Å². The van der Waals surface area contributed by atoms with Crippen LogP contribution in [0.3, 0.4) is 0 Å². The monoisotopic (exact) mass is 381 g/mol. The number of hydrogen-bond acceptors (Lipinski definition) is 4. The number of aromatic nitrogens is 2. The minimum Gasteiger partial charge on any atom is -0.308 e. The molecule has 0 atom stereocenters. The molecule has 3 aromatic rings. The second kappa shape index (κ2) is 6.93. The summed E-state index contributed by atoms with van der Waals surface area (Å²) in [4.78, 5) is 34.2. The molecule has 1 aliphatic heterocycles. The standard InChI is InChI=1S/C21H23N3O2S/c1-4-23(15-10-6-5-9-13(15)2)21(26)18-14(3)17-19(27-18)22-16-11-7-8-12-24(16)20(17)25/h5-6,9-10H,4,7-8,11-12H2,1-3H3. The molecular weight excluding hydrogens is 358 g/mol. The topological polar surface area (TPSA) is 55.2 Å². The van der Waals surface area contributed by atoms with Gasteiger partial charge in [-0.05, 0) is 50.8 Å². The third-order valence-corrected chi connectivity index (χ3v) is 6.50. The van der Waals surface area contributed by atoms with E-state index < -0.39 is 0 Å². The summed E-state index contributed by atoms with van der Waals surface area (Å²) in [5.41, 5.74) is 2.72. The van der Waals surface area contributed by atoms with Crippen LogP contribution in [0.4, 0.5) is 5.69 Å². The average molecular weight is 382 g/mol. The Kier molecular flexibility index (Phi) is 4.60. The fourth-order valence-electron chi connectivity index (χ4n) is 3.85. The smallest absolute Gasteiger partial charge is 0.268 e. The van der Waals surface area contributed by atoms with E-state index in [0.717, 1.165) is 48.4 Å². The number of anilines is 1. The van der Waals surface area contributed by atoms with Gasteiger partial charge in [-0.2, -0.15) is 0 Å². The third-order valence-electron chi connectivity index (χ3n) is 5.32. The number of aryl methyl sites for hydroxylation is 3. The summed E-state index contributed by atoms with van der Waals surface area (Å²) in [6, 6.07) is 7.88. The molecule has 1 aliphatic rings. The van der Waals surface area contributed by atoms with Crippen LogP contribution in [-0.4, -0.2) is 22.0 Å². The van der Waals surface area contributed by atoms with Crippen LogP contribution in [0.15, 0.2) is 29.1 Å². The zero-order valence-electron chi connectivity index (χ0n) is 15.9. The number of carbonyl (C=O) groups excluding carboxylic acids is 1. The highest BCUT2D eigenvalue weighted by molar-refractivity contribution is 7.20. The number of para-hydroxylation sites is 1. The number of nitrogens with zero attached hydrogens (tertiary/aromatic N) is 3. The van der Waals surface area contributed by atoms with E-state index in [1.807, 2.05) is 45.0 Å². The molecule has 6 heteroatoms. The highest BCUT2D eigenvalue weighted by Crippen LogP contribution is 2.31. The zero-order chi connectivity index (χ0) is 19.1. The molecule has 0 saturated heterocycles. The summed E-state index contributed by atoms with van der Waals surface area (Å²) in [6.45, 7) is 7.14. The molecule has 3 heterocycles. The third kappa shape index (κ3) is 2.88. The Bertz CT molecular complexity index is 1100. The molecular formula is C21H23N3O2S. The van der Waals surface area contributed by atoms with E-state index in [0.29, 0.717) is 21.6 Å². The number of hydrogen-bond donors (Lipinski definition) is 0. The van der Waals surface area contributed by atoms with Gasteiger partial charge in [-0.3, -0.25) is 14.2 Å².